The Hall–Kier alpha value is -3.19. The van der Waals surface area contributed by atoms with E-state index in [9.17, 15) is 9.90 Å². The molecule has 1 aliphatic heterocycles. The lowest BCUT2D eigenvalue weighted by Crippen LogP contribution is -2.22. The number of nitrogens with zero attached hydrogens (tertiary/aromatic N) is 3. The second kappa shape index (κ2) is 8.05. The van der Waals surface area contributed by atoms with Crippen molar-refractivity contribution in [1.29, 1.82) is 0 Å². The zero-order valence-electron chi connectivity index (χ0n) is 16.5. The van der Waals surface area contributed by atoms with Gasteiger partial charge in [0.25, 0.3) is 5.91 Å². The molecule has 0 bridgehead atoms. The van der Waals surface area contributed by atoms with Crippen molar-refractivity contribution in [2.45, 2.75) is 32.9 Å². The highest BCUT2D eigenvalue weighted by Gasteiger charge is 2.17. The highest BCUT2D eigenvalue weighted by Crippen LogP contribution is 2.26. The highest BCUT2D eigenvalue weighted by molar-refractivity contribution is 5.94. The van der Waals surface area contributed by atoms with E-state index in [0.29, 0.717) is 24.4 Å². The Balaban J connectivity index is 1.43. The van der Waals surface area contributed by atoms with Gasteiger partial charge in [0.1, 0.15) is 17.5 Å². The number of rotatable bonds is 6. The van der Waals surface area contributed by atoms with Crippen LogP contribution in [0.15, 0.2) is 48.7 Å². The van der Waals surface area contributed by atoms with E-state index in [4.69, 9.17) is 4.74 Å². The minimum atomic E-state index is -0.649. The third-order valence-corrected chi connectivity index (χ3v) is 5.03. The number of fused-ring (bicyclic) bond motifs is 1. The van der Waals surface area contributed by atoms with Crippen molar-refractivity contribution in [3.05, 3.63) is 71.0 Å². The lowest BCUT2D eigenvalue weighted by molar-refractivity contribution is 0.0951. The summed E-state index contributed by atoms with van der Waals surface area (Å²) in [5, 5.41) is 21.3. The Labute approximate surface area is 169 Å². The molecular weight excluding hydrogens is 368 g/mol. The first-order chi connectivity index (χ1) is 14.0. The van der Waals surface area contributed by atoms with Gasteiger partial charge in [-0.25, -0.2) is 4.68 Å². The summed E-state index contributed by atoms with van der Waals surface area (Å²) in [6, 6.07) is 13.2. The molecule has 3 aromatic rings. The molecule has 1 unspecified atom stereocenters. The molecule has 0 saturated carbocycles. The van der Waals surface area contributed by atoms with Crippen LogP contribution in [0.3, 0.4) is 0 Å². The monoisotopic (exact) mass is 392 g/mol. The number of nitrogens with one attached hydrogen (secondary N) is 1. The van der Waals surface area contributed by atoms with E-state index in [-0.39, 0.29) is 11.8 Å². The second-order valence-electron chi connectivity index (χ2n) is 7.55. The number of hydrogen-bond acceptors (Lipinski definition) is 5. The van der Waals surface area contributed by atoms with E-state index < -0.39 is 6.10 Å². The van der Waals surface area contributed by atoms with Gasteiger partial charge >= 0.3 is 0 Å². The van der Waals surface area contributed by atoms with Gasteiger partial charge in [-0.3, -0.25) is 4.79 Å². The number of hydrogen-bond donors (Lipinski definition) is 2. The Morgan fingerprint density at radius 1 is 1.28 bits per heavy atom. The molecule has 4 rings (SSSR count). The molecule has 1 aromatic heterocycles. The molecule has 0 aliphatic carbocycles. The predicted molar refractivity (Wildman–Crippen MR) is 108 cm³/mol. The molecule has 0 radical (unpaired) electrons. The summed E-state index contributed by atoms with van der Waals surface area (Å²) in [6.07, 6.45) is 1.92. The van der Waals surface area contributed by atoms with E-state index in [0.717, 1.165) is 29.0 Å². The summed E-state index contributed by atoms with van der Waals surface area (Å²) in [5.74, 6) is 0.810. The molecule has 2 N–H and O–H groups in total. The van der Waals surface area contributed by atoms with Gasteiger partial charge < -0.3 is 15.2 Å². The van der Waals surface area contributed by atoms with Gasteiger partial charge in [0.2, 0.25) is 0 Å². The zero-order valence-corrected chi connectivity index (χ0v) is 16.5. The first-order valence-electron chi connectivity index (χ1n) is 9.75. The number of benzene rings is 2. The predicted octanol–water partition coefficient (Wildman–Crippen LogP) is 2.82. The highest BCUT2D eigenvalue weighted by atomic mass is 16.5. The number of carbonyl (C=O) groups is 1. The van der Waals surface area contributed by atoms with Crippen molar-refractivity contribution in [3.63, 3.8) is 0 Å². The summed E-state index contributed by atoms with van der Waals surface area (Å²) in [7, 11) is 0. The van der Waals surface area contributed by atoms with Crippen LogP contribution < -0.4 is 10.1 Å². The molecule has 0 saturated heterocycles. The second-order valence-corrected chi connectivity index (χ2v) is 7.55. The third kappa shape index (κ3) is 4.14. The van der Waals surface area contributed by atoms with E-state index in [1.165, 1.54) is 0 Å². The first-order valence-corrected chi connectivity index (χ1v) is 9.75. The van der Waals surface area contributed by atoms with Crippen LogP contribution in [0.4, 0.5) is 0 Å². The lowest BCUT2D eigenvalue weighted by atomic mass is 10.1. The van der Waals surface area contributed by atoms with Gasteiger partial charge in [-0.1, -0.05) is 31.2 Å². The van der Waals surface area contributed by atoms with E-state index in [2.05, 4.69) is 15.6 Å². The summed E-state index contributed by atoms with van der Waals surface area (Å²) >= 11 is 0. The molecule has 7 nitrogen and oxygen atoms in total. The number of aliphatic hydroxyl groups excluding tert-OH is 1. The number of aromatic nitrogens is 3. The Kier molecular flexibility index (Phi) is 5.31. The molecule has 1 amide bonds. The summed E-state index contributed by atoms with van der Waals surface area (Å²) in [4.78, 5) is 12.5. The van der Waals surface area contributed by atoms with Crippen LogP contribution in [0.5, 0.6) is 5.75 Å². The zero-order chi connectivity index (χ0) is 20.4. The van der Waals surface area contributed by atoms with Crippen molar-refractivity contribution >= 4 is 5.91 Å². The van der Waals surface area contributed by atoms with Crippen molar-refractivity contribution in [2.24, 2.45) is 5.92 Å². The number of amides is 1. The maximum atomic E-state index is 12.5. The molecule has 7 heteroatoms. The standard InChI is InChI=1S/C22H24N4O3/c1-14(2)21(27)19-13-26(25-24-19)18-5-3-4-15(10-18)12-23-22(28)17-6-7-20-16(11-17)8-9-29-20/h3-7,10-11,13-14,21,27H,8-9,12H2,1-2H3,(H,23,28). The number of carbonyl (C=O) groups excluding carboxylic acids is 1. The van der Waals surface area contributed by atoms with Crippen molar-refractivity contribution in [1.82, 2.24) is 20.3 Å². The molecule has 1 aliphatic rings. The maximum Gasteiger partial charge on any atom is 0.251 e. The Bertz CT molecular complexity index is 1030. The Morgan fingerprint density at radius 3 is 2.97 bits per heavy atom. The average Bonchev–Trinajstić information content (AvgIpc) is 3.40. The van der Waals surface area contributed by atoms with Gasteiger partial charge in [-0.2, -0.15) is 0 Å². The molecule has 1 atom stereocenters. The third-order valence-electron chi connectivity index (χ3n) is 5.03. The van der Waals surface area contributed by atoms with Crippen LogP contribution in [0.2, 0.25) is 0 Å². The van der Waals surface area contributed by atoms with Crippen LogP contribution >= 0.6 is 0 Å². The van der Waals surface area contributed by atoms with Crippen LogP contribution in [0, 0.1) is 5.92 Å². The summed E-state index contributed by atoms with van der Waals surface area (Å²) in [5.41, 5.74) is 4.02. The van der Waals surface area contributed by atoms with Crippen LogP contribution in [-0.4, -0.2) is 32.6 Å². The smallest absolute Gasteiger partial charge is 0.251 e. The minimum Gasteiger partial charge on any atom is -0.493 e. The molecule has 2 aromatic carbocycles. The topological polar surface area (TPSA) is 89.3 Å². The van der Waals surface area contributed by atoms with Gasteiger partial charge in [-0.15, -0.1) is 5.10 Å². The van der Waals surface area contributed by atoms with Crippen molar-refractivity contribution < 1.29 is 14.6 Å². The van der Waals surface area contributed by atoms with E-state index in [1.807, 2.05) is 50.2 Å². The minimum absolute atomic E-state index is 0.0625. The molecular formula is C22H24N4O3. The number of ether oxygens (including phenoxy) is 1. The maximum absolute atomic E-state index is 12.5. The van der Waals surface area contributed by atoms with Gasteiger partial charge in [0.15, 0.2) is 0 Å². The van der Waals surface area contributed by atoms with Crippen molar-refractivity contribution in [2.75, 3.05) is 6.61 Å². The molecule has 2 heterocycles. The fourth-order valence-corrected chi connectivity index (χ4v) is 3.30. The number of aliphatic hydroxyl groups is 1. The van der Waals surface area contributed by atoms with Crippen molar-refractivity contribution in [3.8, 4) is 11.4 Å². The normalized spacial score (nSPS) is 13.8. The van der Waals surface area contributed by atoms with E-state index in [1.54, 1.807) is 16.9 Å². The lowest BCUT2D eigenvalue weighted by Gasteiger charge is -2.10. The fraction of sp³-hybridized carbons (Fsp3) is 0.318. The average molecular weight is 392 g/mol. The Morgan fingerprint density at radius 2 is 2.14 bits per heavy atom. The van der Waals surface area contributed by atoms with Crippen LogP contribution in [0.1, 0.15) is 47.1 Å². The molecule has 29 heavy (non-hydrogen) atoms. The fourth-order valence-electron chi connectivity index (χ4n) is 3.30. The SMILES string of the molecule is CC(C)C(O)c1cn(-c2cccc(CNC(=O)c3ccc4c(c3)CCO4)c2)nn1. The largest absolute Gasteiger partial charge is 0.493 e. The van der Waals surface area contributed by atoms with Crippen LogP contribution in [-0.2, 0) is 13.0 Å². The summed E-state index contributed by atoms with van der Waals surface area (Å²) < 4.78 is 7.12. The van der Waals surface area contributed by atoms with Gasteiger partial charge in [0, 0.05) is 18.5 Å². The quantitative estimate of drug-likeness (QED) is 0.673. The molecule has 0 spiro atoms. The van der Waals surface area contributed by atoms with Gasteiger partial charge in [-0.05, 0) is 47.4 Å². The van der Waals surface area contributed by atoms with Crippen LogP contribution in [0.25, 0.3) is 5.69 Å². The molecule has 0 fully saturated rings. The summed E-state index contributed by atoms with van der Waals surface area (Å²) in [6.45, 7) is 4.93. The van der Waals surface area contributed by atoms with Gasteiger partial charge in [0.05, 0.1) is 18.5 Å². The molecule has 150 valence electrons. The first kappa shape index (κ1) is 19.1. The van der Waals surface area contributed by atoms with E-state index >= 15 is 0 Å².